The zero-order valence-electron chi connectivity index (χ0n) is 14.2. The van der Waals surface area contributed by atoms with Crippen LogP contribution in [0.5, 0.6) is 0 Å². The average Bonchev–Trinajstić information content (AvgIpc) is 2.80. The Balaban J connectivity index is 1.61. The van der Waals surface area contributed by atoms with Crippen molar-refractivity contribution in [3.8, 4) is 0 Å². The fourth-order valence-electron chi connectivity index (χ4n) is 4.49. The van der Waals surface area contributed by atoms with E-state index in [0.717, 1.165) is 56.3 Å². The van der Waals surface area contributed by atoms with Crippen LogP contribution < -0.4 is 11.1 Å². The number of nitrogen functional groups attached to an aromatic ring is 1. The van der Waals surface area contributed by atoms with E-state index in [1.54, 1.807) is 6.07 Å². The second-order valence-corrected chi connectivity index (χ2v) is 7.68. The highest BCUT2D eigenvalue weighted by Gasteiger charge is 2.51. The number of carbonyl (C=O) groups is 2. The molecular formula is C19H25N3O2. The molecule has 0 atom stereocenters. The van der Waals surface area contributed by atoms with Crippen LogP contribution in [0.4, 0.5) is 5.69 Å². The first-order valence-electron chi connectivity index (χ1n) is 8.95. The van der Waals surface area contributed by atoms with Crippen LogP contribution in [0.1, 0.15) is 53.6 Å². The second kappa shape index (κ2) is 5.59. The number of nitrogens with two attached hydrogens (primary N) is 1. The summed E-state index contributed by atoms with van der Waals surface area (Å²) < 4.78 is 0. The third-order valence-electron chi connectivity index (χ3n) is 6.16. The number of carbonyl (C=O) groups excluding carboxylic acids is 2. The topological polar surface area (TPSA) is 75.4 Å². The molecule has 1 aromatic carbocycles. The normalized spacial score (nSPS) is 23.1. The van der Waals surface area contributed by atoms with Gasteiger partial charge in [-0.3, -0.25) is 9.59 Å². The van der Waals surface area contributed by atoms with Gasteiger partial charge in [0.15, 0.2) is 0 Å². The molecule has 0 unspecified atom stereocenters. The molecule has 2 fully saturated rings. The summed E-state index contributed by atoms with van der Waals surface area (Å²) in [5, 5.41) is 3.16. The number of rotatable bonds is 2. The highest BCUT2D eigenvalue weighted by molar-refractivity contribution is 6.04. The third kappa shape index (κ3) is 2.34. The Morgan fingerprint density at radius 3 is 2.62 bits per heavy atom. The molecule has 1 heterocycles. The lowest BCUT2D eigenvalue weighted by molar-refractivity contribution is -0.125. The molecule has 128 valence electrons. The number of nitrogens with one attached hydrogen (secondary N) is 1. The van der Waals surface area contributed by atoms with Crippen molar-refractivity contribution in [2.24, 2.45) is 0 Å². The summed E-state index contributed by atoms with van der Waals surface area (Å²) in [6.07, 6.45) is 5.20. The van der Waals surface area contributed by atoms with Crippen LogP contribution in [0.25, 0.3) is 0 Å². The van der Waals surface area contributed by atoms with Gasteiger partial charge in [0, 0.05) is 23.7 Å². The Morgan fingerprint density at radius 1 is 1.29 bits per heavy atom. The minimum atomic E-state index is -0.340. The molecule has 1 aliphatic heterocycles. The van der Waals surface area contributed by atoms with Gasteiger partial charge in [0.05, 0.1) is 5.41 Å². The van der Waals surface area contributed by atoms with Crippen molar-refractivity contribution < 1.29 is 9.59 Å². The first kappa shape index (κ1) is 15.6. The van der Waals surface area contributed by atoms with Crippen molar-refractivity contribution in [2.45, 2.75) is 50.0 Å². The van der Waals surface area contributed by atoms with Crippen LogP contribution in [-0.2, 0) is 16.6 Å². The molecule has 1 saturated carbocycles. The van der Waals surface area contributed by atoms with Gasteiger partial charge in [0.2, 0.25) is 0 Å². The summed E-state index contributed by atoms with van der Waals surface area (Å²) in [7, 11) is 2.10. The Bertz CT molecular complexity index is 701. The predicted molar refractivity (Wildman–Crippen MR) is 93.1 cm³/mol. The fraction of sp³-hybridized carbons (Fsp3) is 0.579. The highest BCUT2D eigenvalue weighted by atomic mass is 16.2. The van der Waals surface area contributed by atoms with Crippen molar-refractivity contribution in [3.05, 3.63) is 28.8 Å². The number of piperidine rings is 1. The van der Waals surface area contributed by atoms with E-state index in [1.165, 1.54) is 0 Å². The molecule has 0 bridgehead atoms. The van der Waals surface area contributed by atoms with Crippen LogP contribution >= 0.6 is 0 Å². The Labute approximate surface area is 142 Å². The molecule has 1 aromatic rings. The molecule has 0 aromatic heterocycles. The van der Waals surface area contributed by atoms with Crippen molar-refractivity contribution in [1.29, 1.82) is 0 Å². The summed E-state index contributed by atoms with van der Waals surface area (Å²) >= 11 is 0. The smallest absolute Gasteiger partial charge is 0.251 e. The van der Waals surface area contributed by atoms with Crippen LogP contribution in [0, 0.1) is 0 Å². The van der Waals surface area contributed by atoms with Gasteiger partial charge in [0.25, 0.3) is 5.91 Å². The minimum absolute atomic E-state index is 0.0720. The number of benzene rings is 1. The molecule has 3 aliphatic rings. The van der Waals surface area contributed by atoms with Gasteiger partial charge in [-0.25, -0.2) is 0 Å². The molecule has 1 spiro atoms. The first-order valence-corrected chi connectivity index (χ1v) is 8.95. The minimum Gasteiger partial charge on any atom is -0.399 e. The van der Waals surface area contributed by atoms with Crippen LogP contribution in [0.3, 0.4) is 0 Å². The molecule has 1 saturated heterocycles. The fourth-order valence-corrected chi connectivity index (χ4v) is 4.49. The van der Waals surface area contributed by atoms with Gasteiger partial charge in [-0.1, -0.05) is 6.42 Å². The van der Waals surface area contributed by atoms with Gasteiger partial charge >= 0.3 is 0 Å². The van der Waals surface area contributed by atoms with Crippen LogP contribution in [0.15, 0.2) is 12.1 Å². The number of nitrogens with zero attached hydrogens (tertiary/aromatic N) is 1. The molecule has 0 radical (unpaired) electrons. The van der Waals surface area contributed by atoms with E-state index >= 15 is 0 Å². The zero-order valence-corrected chi connectivity index (χ0v) is 14.2. The van der Waals surface area contributed by atoms with Crippen molar-refractivity contribution in [3.63, 3.8) is 0 Å². The van der Waals surface area contributed by atoms with E-state index in [2.05, 4.69) is 17.3 Å². The average molecular weight is 327 g/mol. The maximum Gasteiger partial charge on any atom is 0.251 e. The third-order valence-corrected chi connectivity index (χ3v) is 6.16. The lowest BCUT2D eigenvalue weighted by Crippen LogP contribution is -2.43. The van der Waals surface area contributed by atoms with Gasteiger partial charge in [0.1, 0.15) is 5.78 Å². The summed E-state index contributed by atoms with van der Waals surface area (Å²) in [6, 6.07) is 3.88. The van der Waals surface area contributed by atoms with E-state index in [-0.39, 0.29) is 23.1 Å². The maximum atomic E-state index is 12.8. The predicted octanol–water partition coefficient (Wildman–Crippen LogP) is 1.64. The molecule has 2 aliphatic carbocycles. The molecule has 5 heteroatoms. The monoisotopic (exact) mass is 327 g/mol. The zero-order chi connectivity index (χ0) is 16.9. The maximum absolute atomic E-state index is 12.8. The van der Waals surface area contributed by atoms with E-state index < -0.39 is 0 Å². The molecule has 1 amide bonds. The number of hydrogen-bond acceptors (Lipinski definition) is 4. The van der Waals surface area contributed by atoms with Crippen molar-refractivity contribution in [2.75, 3.05) is 25.9 Å². The van der Waals surface area contributed by atoms with Crippen molar-refractivity contribution in [1.82, 2.24) is 10.2 Å². The number of amides is 1. The van der Waals surface area contributed by atoms with Crippen LogP contribution in [-0.4, -0.2) is 42.8 Å². The van der Waals surface area contributed by atoms with Gasteiger partial charge < -0.3 is 16.0 Å². The SMILES string of the molecule is CN1CCC(NC(=O)c2cc(N)cc3c2CC(=O)C32CCC2)CC1. The number of hydrogen-bond donors (Lipinski definition) is 2. The number of anilines is 1. The molecule has 4 rings (SSSR count). The molecule has 5 nitrogen and oxygen atoms in total. The summed E-state index contributed by atoms with van der Waals surface area (Å²) in [5.74, 6) is 0.194. The highest BCUT2D eigenvalue weighted by Crippen LogP contribution is 2.51. The Kier molecular flexibility index (Phi) is 3.64. The largest absolute Gasteiger partial charge is 0.399 e. The van der Waals surface area contributed by atoms with Crippen LogP contribution in [0.2, 0.25) is 0 Å². The lowest BCUT2D eigenvalue weighted by Gasteiger charge is -2.37. The second-order valence-electron chi connectivity index (χ2n) is 7.68. The summed E-state index contributed by atoms with van der Waals surface area (Å²) in [6.45, 7) is 2.00. The summed E-state index contributed by atoms with van der Waals surface area (Å²) in [5.41, 5.74) is 8.86. The quantitative estimate of drug-likeness (QED) is 0.810. The van der Waals surface area contributed by atoms with E-state index in [9.17, 15) is 9.59 Å². The molecule has 24 heavy (non-hydrogen) atoms. The van der Waals surface area contributed by atoms with E-state index in [0.29, 0.717) is 17.7 Å². The lowest BCUT2D eigenvalue weighted by atomic mass is 9.64. The molecular weight excluding hydrogens is 302 g/mol. The first-order chi connectivity index (χ1) is 11.5. The summed E-state index contributed by atoms with van der Waals surface area (Å²) in [4.78, 5) is 27.7. The number of likely N-dealkylation sites (tertiary alicyclic amines) is 1. The Hall–Kier alpha value is -1.88. The number of Topliss-reactive ketones (excluding diaryl/α,β-unsaturated/α-hetero) is 1. The van der Waals surface area contributed by atoms with Crippen molar-refractivity contribution >= 4 is 17.4 Å². The van der Waals surface area contributed by atoms with Gasteiger partial charge in [-0.05, 0) is 69.1 Å². The Morgan fingerprint density at radius 2 is 2.00 bits per heavy atom. The number of fused-ring (bicyclic) bond motifs is 2. The van der Waals surface area contributed by atoms with E-state index in [1.807, 2.05) is 6.07 Å². The van der Waals surface area contributed by atoms with E-state index in [4.69, 9.17) is 5.73 Å². The molecule has 3 N–H and O–H groups in total. The number of ketones is 1. The van der Waals surface area contributed by atoms with Gasteiger partial charge in [-0.2, -0.15) is 0 Å². The standard InChI is InChI=1S/C19H25N3O2/c1-22-7-3-13(4-8-22)21-18(24)15-9-12(20)10-16-14(15)11-17(23)19(16)5-2-6-19/h9-10,13H,2-8,11,20H2,1H3,(H,21,24). The van der Waals surface area contributed by atoms with Gasteiger partial charge in [-0.15, -0.1) is 0 Å².